The first kappa shape index (κ1) is 23.1. The molecule has 4 rings (SSSR count). The van der Waals surface area contributed by atoms with E-state index in [1.54, 1.807) is 50.6 Å². The molecule has 0 bridgehead atoms. The zero-order valence-corrected chi connectivity index (χ0v) is 19.0. The van der Waals surface area contributed by atoms with Crippen molar-refractivity contribution in [1.29, 1.82) is 0 Å². The standard InChI is InChI=1S/C25H26N4O5/c1-25(19-10-12-20(33-2)13-11-19)23(31)29(24(32)26-25)27-22(30)17-28(16-21-9-6-14-34-21)15-18-7-4-3-5-8-18/h3-14H,15-17H2,1-2H3,(H,26,32)(H,27,30). The molecule has 0 aliphatic carbocycles. The molecule has 9 heteroatoms. The van der Waals surface area contributed by atoms with Gasteiger partial charge < -0.3 is 14.5 Å². The molecule has 0 saturated carbocycles. The van der Waals surface area contributed by atoms with Crippen LogP contribution in [0.25, 0.3) is 0 Å². The van der Waals surface area contributed by atoms with Gasteiger partial charge in [-0.2, -0.15) is 5.01 Å². The number of methoxy groups -OCH3 is 1. The van der Waals surface area contributed by atoms with Crippen LogP contribution < -0.4 is 15.5 Å². The van der Waals surface area contributed by atoms with Crippen molar-refractivity contribution in [1.82, 2.24) is 20.7 Å². The molecule has 1 unspecified atom stereocenters. The van der Waals surface area contributed by atoms with E-state index in [-0.39, 0.29) is 6.54 Å². The number of rotatable bonds is 9. The van der Waals surface area contributed by atoms with E-state index in [4.69, 9.17) is 9.15 Å². The van der Waals surface area contributed by atoms with Crippen molar-refractivity contribution >= 4 is 17.8 Å². The molecule has 9 nitrogen and oxygen atoms in total. The summed E-state index contributed by atoms with van der Waals surface area (Å²) in [5.41, 5.74) is 2.74. The van der Waals surface area contributed by atoms with Crippen LogP contribution in [0.5, 0.6) is 5.75 Å². The number of furan rings is 1. The fourth-order valence-corrected chi connectivity index (χ4v) is 3.86. The number of nitrogens with zero attached hydrogens (tertiary/aromatic N) is 2. The quantitative estimate of drug-likeness (QED) is 0.474. The minimum absolute atomic E-state index is 0.0497. The van der Waals surface area contributed by atoms with Crippen LogP contribution in [0.3, 0.4) is 0 Å². The highest BCUT2D eigenvalue weighted by atomic mass is 16.5. The van der Waals surface area contributed by atoms with Crippen LogP contribution in [0.4, 0.5) is 4.79 Å². The van der Waals surface area contributed by atoms with Crippen LogP contribution in [-0.2, 0) is 28.2 Å². The summed E-state index contributed by atoms with van der Waals surface area (Å²) in [6.07, 6.45) is 1.57. The summed E-state index contributed by atoms with van der Waals surface area (Å²) in [7, 11) is 1.55. The average Bonchev–Trinajstić information content (AvgIpc) is 3.42. The maximum Gasteiger partial charge on any atom is 0.344 e. The Bertz CT molecular complexity index is 1150. The van der Waals surface area contributed by atoms with Gasteiger partial charge in [-0.05, 0) is 42.3 Å². The van der Waals surface area contributed by atoms with Crippen LogP contribution in [-0.4, -0.2) is 41.4 Å². The van der Waals surface area contributed by atoms with E-state index in [1.165, 1.54) is 0 Å². The zero-order valence-electron chi connectivity index (χ0n) is 19.0. The van der Waals surface area contributed by atoms with Gasteiger partial charge in [0.2, 0.25) is 0 Å². The van der Waals surface area contributed by atoms with Crippen LogP contribution >= 0.6 is 0 Å². The molecule has 2 aromatic carbocycles. The summed E-state index contributed by atoms with van der Waals surface area (Å²) in [6.45, 7) is 2.42. The van der Waals surface area contributed by atoms with Crippen molar-refractivity contribution in [2.75, 3.05) is 13.7 Å². The number of imide groups is 1. The Kier molecular flexibility index (Phi) is 6.65. The Balaban J connectivity index is 1.45. The van der Waals surface area contributed by atoms with Crippen LogP contribution in [0, 0.1) is 0 Å². The highest BCUT2D eigenvalue weighted by molar-refractivity contribution is 6.08. The number of urea groups is 1. The number of carbonyl (C=O) groups excluding carboxylic acids is 3. The summed E-state index contributed by atoms with van der Waals surface area (Å²) in [5.74, 6) is 0.261. The van der Waals surface area contributed by atoms with E-state index in [9.17, 15) is 14.4 Å². The largest absolute Gasteiger partial charge is 0.497 e. The van der Waals surface area contributed by atoms with Crippen molar-refractivity contribution in [3.63, 3.8) is 0 Å². The van der Waals surface area contributed by atoms with Crippen LogP contribution in [0.15, 0.2) is 77.4 Å². The molecular formula is C25H26N4O5. The van der Waals surface area contributed by atoms with Gasteiger partial charge in [0, 0.05) is 6.54 Å². The van der Waals surface area contributed by atoms with Gasteiger partial charge in [0.1, 0.15) is 17.0 Å². The third-order valence-corrected chi connectivity index (χ3v) is 5.67. The summed E-state index contributed by atoms with van der Waals surface area (Å²) in [6, 6.07) is 19.4. The van der Waals surface area contributed by atoms with Gasteiger partial charge in [-0.1, -0.05) is 42.5 Å². The maximum atomic E-state index is 13.1. The van der Waals surface area contributed by atoms with Gasteiger partial charge >= 0.3 is 6.03 Å². The summed E-state index contributed by atoms with van der Waals surface area (Å²) < 4.78 is 10.6. The predicted octanol–water partition coefficient (Wildman–Crippen LogP) is 2.79. The smallest absolute Gasteiger partial charge is 0.344 e. The third-order valence-electron chi connectivity index (χ3n) is 5.67. The van der Waals surface area contributed by atoms with E-state index >= 15 is 0 Å². The van der Waals surface area contributed by atoms with E-state index in [2.05, 4.69) is 10.7 Å². The van der Waals surface area contributed by atoms with Gasteiger partial charge in [0.15, 0.2) is 0 Å². The van der Waals surface area contributed by atoms with Gasteiger partial charge in [-0.15, -0.1) is 0 Å². The number of hydrogen-bond donors (Lipinski definition) is 2. The first-order valence-electron chi connectivity index (χ1n) is 10.8. The molecule has 0 spiro atoms. The lowest BCUT2D eigenvalue weighted by molar-refractivity contribution is -0.139. The fourth-order valence-electron chi connectivity index (χ4n) is 3.86. The summed E-state index contributed by atoms with van der Waals surface area (Å²) in [4.78, 5) is 40.5. The third kappa shape index (κ3) is 4.94. The molecule has 1 aromatic heterocycles. The zero-order chi connectivity index (χ0) is 24.1. The second kappa shape index (κ2) is 9.80. The number of hydrazine groups is 1. The molecule has 2 heterocycles. The topological polar surface area (TPSA) is 104 Å². The average molecular weight is 463 g/mol. The number of benzene rings is 2. The molecule has 1 aliphatic heterocycles. The van der Waals surface area contributed by atoms with Crippen molar-refractivity contribution in [2.24, 2.45) is 0 Å². The molecule has 3 aromatic rings. The molecular weight excluding hydrogens is 436 g/mol. The molecule has 1 fully saturated rings. The number of amides is 4. The predicted molar refractivity (Wildman–Crippen MR) is 123 cm³/mol. The Morgan fingerprint density at radius 1 is 1.06 bits per heavy atom. The van der Waals surface area contributed by atoms with Crippen molar-refractivity contribution < 1.29 is 23.5 Å². The van der Waals surface area contributed by atoms with E-state index in [0.717, 1.165) is 10.6 Å². The monoisotopic (exact) mass is 462 g/mol. The molecule has 1 aliphatic rings. The lowest BCUT2D eigenvalue weighted by Gasteiger charge is -2.24. The first-order chi connectivity index (χ1) is 16.4. The molecule has 4 amide bonds. The Morgan fingerprint density at radius 2 is 1.79 bits per heavy atom. The number of carbonyl (C=O) groups is 3. The highest BCUT2D eigenvalue weighted by Crippen LogP contribution is 2.29. The molecule has 1 saturated heterocycles. The lowest BCUT2D eigenvalue weighted by atomic mass is 9.92. The first-order valence-corrected chi connectivity index (χ1v) is 10.8. The fraction of sp³-hybridized carbons (Fsp3) is 0.240. The minimum Gasteiger partial charge on any atom is -0.497 e. The number of ether oxygens (including phenoxy) is 1. The van der Waals surface area contributed by atoms with E-state index < -0.39 is 23.4 Å². The molecule has 176 valence electrons. The van der Waals surface area contributed by atoms with Gasteiger partial charge in [0.25, 0.3) is 11.8 Å². The Labute approximate surface area is 197 Å². The van der Waals surface area contributed by atoms with Gasteiger partial charge in [0.05, 0.1) is 26.5 Å². The second-order valence-corrected chi connectivity index (χ2v) is 8.17. The summed E-state index contributed by atoms with van der Waals surface area (Å²) in [5, 5.41) is 3.41. The van der Waals surface area contributed by atoms with E-state index in [1.807, 2.05) is 41.3 Å². The Hall–Kier alpha value is -4.11. The second-order valence-electron chi connectivity index (χ2n) is 8.17. The van der Waals surface area contributed by atoms with Crippen molar-refractivity contribution in [2.45, 2.75) is 25.6 Å². The van der Waals surface area contributed by atoms with Crippen LogP contribution in [0.1, 0.15) is 23.8 Å². The normalized spacial score (nSPS) is 17.7. The maximum absolute atomic E-state index is 13.1. The number of nitrogens with one attached hydrogen (secondary N) is 2. The van der Waals surface area contributed by atoms with Gasteiger partial charge in [-0.25, -0.2) is 4.79 Å². The Morgan fingerprint density at radius 3 is 2.44 bits per heavy atom. The van der Waals surface area contributed by atoms with Crippen molar-refractivity contribution in [3.8, 4) is 5.75 Å². The minimum atomic E-state index is -1.31. The molecule has 34 heavy (non-hydrogen) atoms. The van der Waals surface area contributed by atoms with E-state index in [0.29, 0.717) is 30.2 Å². The van der Waals surface area contributed by atoms with Crippen molar-refractivity contribution in [3.05, 3.63) is 89.9 Å². The molecule has 1 atom stereocenters. The SMILES string of the molecule is COc1ccc(C2(C)NC(=O)N(NC(=O)CN(Cc3ccccc3)Cc3ccco3)C2=O)cc1. The van der Waals surface area contributed by atoms with Gasteiger partial charge in [-0.3, -0.25) is 19.9 Å². The molecule has 2 N–H and O–H groups in total. The molecule has 0 radical (unpaired) electrons. The number of hydrogen-bond acceptors (Lipinski definition) is 6. The summed E-state index contributed by atoms with van der Waals surface area (Å²) >= 11 is 0. The highest BCUT2D eigenvalue weighted by Gasteiger charge is 2.50. The van der Waals surface area contributed by atoms with Crippen LogP contribution in [0.2, 0.25) is 0 Å². The lowest BCUT2D eigenvalue weighted by Crippen LogP contribution is -2.50.